The van der Waals surface area contributed by atoms with Crippen molar-refractivity contribution in [3.8, 4) is 5.75 Å². The van der Waals surface area contributed by atoms with E-state index in [1.165, 1.54) is 0 Å². The Morgan fingerprint density at radius 2 is 1.85 bits per heavy atom. The van der Waals surface area contributed by atoms with E-state index in [2.05, 4.69) is 15.1 Å². The van der Waals surface area contributed by atoms with Crippen LogP contribution < -0.4 is 9.64 Å². The summed E-state index contributed by atoms with van der Waals surface area (Å²) in [5.41, 5.74) is 0.655. The summed E-state index contributed by atoms with van der Waals surface area (Å²) in [6, 6.07) is 15.7. The predicted octanol–water partition coefficient (Wildman–Crippen LogP) is 2.99. The van der Waals surface area contributed by atoms with Crippen LogP contribution >= 0.6 is 0 Å². The van der Waals surface area contributed by atoms with Crippen molar-refractivity contribution in [2.24, 2.45) is 0 Å². The molecular weight excluding hydrogens is 340 g/mol. The first kappa shape index (κ1) is 17.3. The number of carbonyl (C=O) groups excluding carboxylic acids is 1. The third-order valence-electron chi connectivity index (χ3n) is 4.85. The lowest BCUT2D eigenvalue weighted by molar-refractivity contribution is 0.0744. The average molecular weight is 362 g/mol. The van der Waals surface area contributed by atoms with Gasteiger partial charge in [-0.15, -0.1) is 5.10 Å². The molecule has 27 heavy (non-hydrogen) atoms. The zero-order chi connectivity index (χ0) is 18.6. The molecule has 1 amide bonds. The molecule has 0 aliphatic carbocycles. The number of hydrogen-bond donors (Lipinski definition) is 0. The molecule has 0 unspecified atom stereocenters. The second kappa shape index (κ2) is 7.61. The first-order valence-electron chi connectivity index (χ1n) is 9.24. The Labute approximate surface area is 158 Å². The van der Waals surface area contributed by atoms with Gasteiger partial charge in [0.05, 0.1) is 12.2 Å². The Hall–Kier alpha value is -3.15. The van der Waals surface area contributed by atoms with Gasteiger partial charge in [-0.2, -0.15) is 5.10 Å². The lowest BCUT2D eigenvalue weighted by Crippen LogP contribution is -2.49. The maximum absolute atomic E-state index is 13.4. The quantitative estimate of drug-likeness (QED) is 0.714. The van der Waals surface area contributed by atoms with Gasteiger partial charge in [0.2, 0.25) is 0 Å². The molecule has 0 bridgehead atoms. The van der Waals surface area contributed by atoms with E-state index < -0.39 is 0 Å². The number of amides is 1. The number of rotatable bonds is 4. The molecule has 1 fully saturated rings. The van der Waals surface area contributed by atoms with Gasteiger partial charge in [0, 0.05) is 32.4 Å². The van der Waals surface area contributed by atoms with E-state index in [9.17, 15) is 4.79 Å². The number of anilines is 1. The van der Waals surface area contributed by atoms with Crippen molar-refractivity contribution in [1.82, 2.24) is 15.1 Å². The zero-order valence-corrected chi connectivity index (χ0v) is 15.3. The van der Waals surface area contributed by atoms with Crippen molar-refractivity contribution in [3.63, 3.8) is 0 Å². The maximum Gasteiger partial charge on any atom is 0.258 e. The van der Waals surface area contributed by atoms with Crippen molar-refractivity contribution in [3.05, 3.63) is 60.3 Å². The largest absolute Gasteiger partial charge is 0.493 e. The van der Waals surface area contributed by atoms with Crippen LogP contribution in [0.1, 0.15) is 17.3 Å². The molecule has 3 aromatic rings. The Bertz CT molecular complexity index is 937. The number of hydrogen-bond acceptors (Lipinski definition) is 5. The normalized spacial score (nSPS) is 14.4. The molecule has 138 valence electrons. The SMILES string of the molecule is CCOc1ccc2ccccc2c1C(=O)N1CCN(c2cccnn2)CC1. The highest BCUT2D eigenvalue weighted by atomic mass is 16.5. The molecule has 0 N–H and O–H groups in total. The van der Waals surface area contributed by atoms with Crippen molar-refractivity contribution < 1.29 is 9.53 Å². The Morgan fingerprint density at radius 3 is 2.59 bits per heavy atom. The molecule has 2 heterocycles. The average Bonchev–Trinajstić information content (AvgIpc) is 2.74. The highest BCUT2D eigenvalue weighted by Gasteiger charge is 2.26. The summed E-state index contributed by atoms with van der Waals surface area (Å²) in [5, 5.41) is 10.1. The smallest absolute Gasteiger partial charge is 0.258 e. The van der Waals surface area contributed by atoms with Crippen LogP contribution in [0, 0.1) is 0 Å². The van der Waals surface area contributed by atoms with E-state index in [0.717, 1.165) is 29.7 Å². The Morgan fingerprint density at radius 1 is 1.04 bits per heavy atom. The fourth-order valence-corrected chi connectivity index (χ4v) is 3.51. The molecule has 0 saturated carbocycles. The van der Waals surface area contributed by atoms with E-state index in [-0.39, 0.29) is 5.91 Å². The molecule has 6 heteroatoms. The molecule has 1 aliphatic rings. The summed E-state index contributed by atoms with van der Waals surface area (Å²) >= 11 is 0. The van der Waals surface area contributed by atoms with Crippen LogP contribution in [0.5, 0.6) is 5.75 Å². The molecule has 0 atom stereocenters. The van der Waals surface area contributed by atoms with Gasteiger partial charge in [-0.1, -0.05) is 30.3 Å². The molecular formula is C21H22N4O2. The summed E-state index contributed by atoms with van der Waals surface area (Å²) in [5.74, 6) is 1.52. The standard InChI is InChI=1S/C21H22N4O2/c1-2-27-18-10-9-16-6-3-4-7-17(16)20(18)21(26)25-14-12-24(13-15-25)19-8-5-11-22-23-19/h3-11H,2,12-15H2,1H3. The molecule has 1 aliphatic heterocycles. The number of nitrogens with zero attached hydrogens (tertiary/aromatic N) is 4. The van der Waals surface area contributed by atoms with Gasteiger partial charge < -0.3 is 14.5 Å². The number of piperazine rings is 1. The van der Waals surface area contributed by atoms with Crippen LogP contribution in [-0.2, 0) is 0 Å². The minimum atomic E-state index is 0.0223. The minimum absolute atomic E-state index is 0.0223. The summed E-state index contributed by atoms with van der Waals surface area (Å²) in [6.45, 7) is 5.22. The molecule has 0 spiro atoms. The summed E-state index contributed by atoms with van der Waals surface area (Å²) in [7, 11) is 0. The predicted molar refractivity (Wildman–Crippen MR) is 105 cm³/mol. The van der Waals surface area contributed by atoms with Crippen LogP contribution in [0.4, 0.5) is 5.82 Å². The van der Waals surface area contributed by atoms with Gasteiger partial charge in [0.1, 0.15) is 5.75 Å². The van der Waals surface area contributed by atoms with E-state index in [1.54, 1.807) is 6.20 Å². The van der Waals surface area contributed by atoms with Crippen LogP contribution in [0.2, 0.25) is 0 Å². The van der Waals surface area contributed by atoms with Gasteiger partial charge in [-0.05, 0) is 35.9 Å². The summed E-state index contributed by atoms with van der Waals surface area (Å²) < 4.78 is 5.77. The molecule has 2 aromatic carbocycles. The maximum atomic E-state index is 13.4. The Balaban J connectivity index is 1.59. The lowest BCUT2D eigenvalue weighted by atomic mass is 10.0. The fraction of sp³-hybridized carbons (Fsp3) is 0.286. The van der Waals surface area contributed by atoms with Gasteiger partial charge >= 0.3 is 0 Å². The third kappa shape index (κ3) is 3.43. The van der Waals surface area contributed by atoms with Crippen molar-refractivity contribution >= 4 is 22.5 Å². The topological polar surface area (TPSA) is 58.6 Å². The fourth-order valence-electron chi connectivity index (χ4n) is 3.51. The first-order valence-corrected chi connectivity index (χ1v) is 9.24. The molecule has 1 saturated heterocycles. The van der Waals surface area contributed by atoms with Crippen LogP contribution in [-0.4, -0.2) is 53.8 Å². The number of aromatic nitrogens is 2. The highest BCUT2D eigenvalue weighted by molar-refractivity contribution is 6.09. The van der Waals surface area contributed by atoms with Crippen molar-refractivity contribution in [2.45, 2.75) is 6.92 Å². The van der Waals surface area contributed by atoms with E-state index in [4.69, 9.17) is 4.74 Å². The van der Waals surface area contributed by atoms with Crippen LogP contribution in [0.3, 0.4) is 0 Å². The highest BCUT2D eigenvalue weighted by Crippen LogP contribution is 2.30. The van der Waals surface area contributed by atoms with Gasteiger partial charge in [0.15, 0.2) is 5.82 Å². The molecule has 6 nitrogen and oxygen atoms in total. The summed E-state index contributed by atoms with van der Waals surface area (Å²) in [4.78, 5) is 17.4. The monoisotopic (exact) mass is 362 g/mol. The van der Waals surface area contributed by atoms with E-state index in [1.807, 2.05) is 60.4 Å². The zero-order valence-electron chi connectivity index (χ0n) is 15.3. The van der Waals surface area contributed by atoms with Crippen LogP contribution in [0.25, 0.3) is 10.8 Å². The number of ether oxygens (including phenoxy) is 1. The van der Waals surface area contributed by atoms with E-state index in [0.29, 0.717) is 31.0 Å². The molecule has 1 aromatic heterocycles. The van der Waals surface area contributed by atoms with Crippen molar-refractivity contribution in [2.75, 3.05) is 37.7 Å². The second-order valence-corrected chi connectivity index (χ2v) is 6.45. The van der Waals surface area contributed by atoms with Gasteiger partial charge in [-0.25, -0.2) is 0 Å². The van der Waals surface area contributed by atoms with Gasteiger partial charge in [0.25, 0.3) is 5.91 Å². The first-order chi connectivity index (χ1) is 13.3. The third-order valence-corrected chi connectivity index (χ3v) is 4.85. The lowest BCUT2D eigenvalue weighted by Gasteiger charge is -2.35. The van der Waals surface area contributed by atoms with Crippen molar-refractivity contribution in [1.29, 1.82) is 0 Å². The Kier molecular flexibility index (Phi) is 4.87. The van der Waals surface area contributed by atoms with Gasteiger partial charge in [-0.3, -0.25) is 4.79 Å². The van der Waals surface area contributed by atoms with E-state index >= 15 is 0 Å². The summed E-state index contributed by atoms with van der Waals surface area (Å²) in [6.07, 6.45) is 1.67. The second-order valence-electron chi connectivity index (χ2n) is 6.45. The minimum Gasteiger partial charge on any atom is -0.493 e. The molecule has 0 radical (unpaired) electrons. The number of benzene rings is 2. The molecule has 4 rings (SSSR count). The number of carbonyl (C=O) groups is 1. The van der Waals surface area contributed by atoms with Crippen LogP contribution in [0.15, 0.2) is 54.7 Å². The number of fused-ring (bicyclic) bond motifs is 1.